The molecule has 1 aromatic carbocycles. The standard InChI is InChI=1S/C18H28ClNO/c1-3-14-7-9-17(10-8-14)20(2)12-11-18(21)15-5-4-6-16(19)13-15/h4-6,13-14,17-18,21H,3,7-12H2,1-2H3. The summed E-state index contributed by atoms with van der Waals surface area (Å²) in [5.74, 6) is 0.937. The minimum Gasteiger partial charge on any atom is -0.388 e. The Labute approximate surface area is 134 Å². The Bertz CT molecular complexity index is 429. The summed E-state index contributed by atoms with van der Waals surface area (Å²) in [5, 5.41) is 11.0. The van der Waals surface area contributed by atoms with E-state index in [1.165, 1.54) is 32.1 Å². The van der Waals surface area contributed by atoms with Crippen molar-refractivity contribution in [3.63, 3.8) is 0 Å². The van der Waals surface area contributed by atoms with Gasteiger partial charge in [0.15, 0.2) is 0 Å². The predicted octanol–water partition coefficient (Wildman–Crippen LogP) is 4.66. The number of hydrogen-bond donors (Lipinski definition) is 1. The van der Waals surface area contributed by atoms with Crippen LogP contribution in [0.2, 0.25) is 5.02 Å². The molecule has 1 unspecified atom stereocenters. The maximum Gasteiger partial charge on any atom is 0.0802 e. The van der Waals surface area contributed by atoms with Gasteiger partial charge in [-0.1, -0.05) is 37.1 Å². The Hall–Kier alpha value is -0.570. The molecule has 0 saturated heterocycles. The van der Waals surface area contributed by atoms with Gasteiger partial charge in [0.2, 0.25) is 0 Å². The first kappa shape index (κ1) is 16.8. The van der Waals surface area contributed by atoms with Gasteiger partial charge >= 0.3 is 0 Å². The molecule has 0 amide bonds. The maximum atomic E-state index is 10.3. The Morgan fingerprint density at radius 2 is 2.00 bits per heavy atom. The van der Waals surface area contributed by atoms with Gasteiger partial charge in [0.05, 0.1) is 6.10 Å². The van der Waals surface area contributed by atoms with Gasteiger partial charge in [0.25, 0.3) is 0 Å². The molecular formula is C18H28ClNO. The minimum atomic E-state index is -0.418. The predicted molar refractivity (Wildman–Crippen MR) is 89.7 cm³/mol. The van der Waals surface area contributed by atoms with Crippen LogP contribution in [0.5, 0.6) is 0 Å². The average molecular weight is 310 g/mol. The highest BCUT2D eigenvalue weighted by Gasteiger charge is 2.23. The summed E-state index contributed by atoms with van der Waals surface area (Å²) in [7, 11) is 2.20. The van der Waals surface area contributed by atoms with Crippen molar-refractivity contribution in [1.29, 1.82) is 0 Å². The molecule has 2 rings (SSSR count). The van der Waals surface area contributed by atoms with Gasteiger partial charge in [-0.05, 0) is 62.8 Å². The fraction of sp³-hybridized carbons (Fsp3) is 0.667. The van der Waals surface area contributed by atoms with Crippen LogP contribution in [0.1, 0.15) is 57.1 Å². The molecule has 1 atom stereocenters. The van der Waals surface area contributed by atoms with Crippen LogP contribution in [-0.2, 0) is 0 Å². The zero-order chi connectivity index (χ0) is 15.2. The molecule has 1 aromatic rings. The lowest BCUT2D eigenvalue weighted by atomic mass is 9.84. The molecule has 0 aliphatic heterocycles. The van der Waals surface area contributed by atoms with Crippen molar-refractivity contribution < 1.29 is 5.11 Å². The maximum absolute atomic E-state index is 10.3. The summed E-state index contributed by atoms with van der Waals surface area (Å²) in [5.41, 5.74) is 0.922. The normalized spacial score (nSPS) is 24.2. The number of nitrogens with zero attached hydrogens (tertiary/aromatic N) is 1. The van der Waals surface area contributed by atoms with Crippen LogP contribution in [0.25, 0.3) is 0 Å². The first-order valence-corrected chi connectivity index (χ1v) is 8.61. The van der Waals surface area contributed by atoms with Crippen LogP contribution in [0, 0.1) is 5.92 Å². The van der Waals surface area contributed by atoms with Gasteiger partial charge in [-0.25, -0.2) is 0 Å². The van der Waals surface area contributed by atoms with Gasteiger partial charge in [-0.2, -0.15) is 0 Å². The third kappa shape index (κ3) is 4.98. The number of halogens is 1. The highest BCUT2D eigenvalue weighted by atomic mass is 35.5. The van der Waals surface area contributed by atoms with Gasteiger partial charge in [-0.3, -0.25) is 0 Å². The van der Waals surface area contributed by atoms with E-state index >= 15 is 0 Å². The molecule has 0 radical (unpaired) electrons. The van der Waals surface area contributed by atoms with Crippen LogP contribution in [0.4, 0.5) is 0 Å². The Kier molecular flexibility index (Phi) is 6.53. The lowest BCUT2D eigenvalue weighted by Gasteiger charge is -2.34. The van der Waals surface area contributed by atoms with Crippen LogP contribution in [-0.4, -0.2) is 29.6 Å². The number of benzene rings is 1. The molecule has 1 N–H and O–H groups in total. The van der Waals surface area contributed by atoms with E-state index in [4.69, 9.17) is 11.6 Å². The monoisotopic (exact) mass is 309 g/mol. The molecule has 3 heteroatoms. The van der Waals surface area contributed by atoms with Gasteiger partial charge < -0.3 is 10.0 Å². The summed E-state index contributed by atoms with van der Waals surface area (Å²) in [4.78, 5) is 2.43. The third-order valence-electron chi connectivity index (χ3n) is 5.01. The molecule has 0 aromatic heterocycles. The van der Waals surface area contributed by atoms with E-state index in [1.54, 1.807) is 0 Å². The SMILES string of the molecule is CCC1CCC(N(C)CCC(O)c2cccc(Cl)c2)CC1. The molecule has 1 aliphatic rings. The molecule has 1 aliphatic carbocycles. The van der Waals surface area contributed by atoms with Crippen LogP contribution in [0.3, 0.4) is 0 Å². The van der Waals surface area contributed by atoms with Crippen LogP contribution >= 0.6 is 11.6 Å². The lowest BCUT2D eigenvalue weighted by Crippen LogP contribution is -2.36. The molecule has 0 heterocycles. The average Bonchev–Trinajstić information content (AvgIpc) is 2.52. The molecule has 21 heavy (non-hydrogen) atoms. The lowest BCUT2D eigenvalue weighted by molar-refractivity contribution is 0.117. The summed E-state index contributed by atoms with van der Waals surface area (Å²) < 4.78 is 0. The van der Waals surface area contributed by atoms with Crippen LogP contribution in [0.15, 0.2) is 24.3 Å². The zero-order valence-electron chi connectivity index (χ0n) is 13.3. The van der Waals surface area contributed by atoms with E-state index in [0.29, 0.717) is 11.1 Å². The van der Waals surface area contributed by atoms with Crippen LogP contribution < -0.4 is 0 Å². The van der Waals surface area contributed by atoms with E-state index in [2.05, 4.69) is 18.9 Å². The van der Waals surface area contributed by atoms with Crippen molar-refractivity contribution >= 4 is 11.6 Å². The van der Waals surface area contributed by atoms with Crippen molar-refractivity contribution in [3.8, 4) is 0 Å². The summed E-state index contributed by atoms with van der Waals surface area (Å²) in [6.07, 6.45) is 7.02. The van der Waals surface area contributed by atoms with E-state index in [1.807, 2.05) is 24.3 Å². The molecule has 0 spiro atoms. The molecular weight excluding hydrogens is 282 g/mol. The quantitative estimate of drug-likeness (QED) is 0.826. The van der Waals surface area contributed by atoms with Gasteiger partial charge in [0, 0.05) is 17.6 Å². The molecule has 1 saturated carbocycles. The van der Waals surface area contributed by atoms with Crippen molar-refractivity contribution in [2.45, 2.75) is 57.6 Å². The molecule has 0 bridgehead atoms. The van der Waals surface area contributed by atoms with Gasteiger partial charge in [-0.15, -0.1) is 0 Å². The molecule has 1 fully saturated rings. The van der Waals surface area contributed by atoms with E-state index in [-0.39, 0.29) is 0 Å². The van der Waals surface area contributed by atoms with Crippen molar-refractivity contribution in [1.82, 2.24) is 4.90 Å². The third-order valence-corrected chi connectivity index (χ3v) is 5.24. The van der Waals surface area contributed by atoms with E-state index in [9.17, 15) is 5.11 Å². The van der Waals surface area contributed by atoms with Gasteiger partial charge in [0.1, 0.15) is 0 Å². The largest absolute Gasteiger partial charge is 0.388 e. The smallest absolute Gasteiger partial charge is 0.0802 e. The number of aliphatic hydroxyl groups excluding tert-OH is 1. The first-order valence-electron chi connectivity index (χ1n) is 8.24. The number of aliphatic hydroxyl groups is 1. The second-order valence-electron chi connectivity index (χ2n) is 6.42. The molecule has 118 valence electrons. The summed E-state index contributed by atoms with van der Waals surface area (Å²) >= 11 is 5.98. The van der Waals surface area contributed by atoms with Crippen molar-refractivity contribution in [3.05, 3.63) is 34.9 Å². The Balaban J connectivity index is 1.77. The topological polar surface area (TPSA) is 23.5 Å². The number of hydrogen-bond acceptors (Lipinski definition) is 2. The number of rotatable bonds is 6. The van der Waals surface area contributed by atoms with E-state index < -0.39 is 6.10 Å². The highest BCUT2D eigenvalue weighted by molar-refractivity contribution is 6.30. The second kappa shape index (κ2) is 8.17. The second-order valence-corrected chi connectivity index (χ2v) is 6.86. The zero-order valence-corrected chi connectivity index (χ0v) is 14.0. The first-order chi connectivity index (χ1) is 10.1. The highest BCUT2D eigenvalue weighted by Crippen LogP contribution is 2.29. The Morgan fingerprint density at radius 1 is 1.29 bits per heavy atom. The van der Waals surface area contributed by atoms with Crippen molar-refractivity contribution in [2.24, 2.45) is 5.92 Å². The van der Waals surface area contributed by atoms with E-state index in [0.717, 1.165) is 24.4 Å². The Morgan fingerprint density at radius 3 is 2.62 bits per heavy atom. The fourth-order valence-corrected chi connectivity index (χ4v) is 3.58. The molecule has 2 nitrogen and oxygen atoms in total. The summed E-state index contributed by atoms with van der Waals surface area (Å²) in [6, 6.07) is 8.24. The summed E-state index contributed by atoms with van der Waals surface area (Å²) in [6.45, 7) is 3.24. The fourth-order valence-electron chi connectivity index (χ4n) is 3.38. The van der Waals surface area contributed by atoms with Crippen molar-refractivity contribution in [2.75, 3.05) is 13.6 Å². The minimum absolute atomic E-state index is 0.418.